The van der Waals surface area contributed by atoms with Crippen LogP contribution in [-0.2, 0) is 22.7 Å². The van der Waals surface area contributed by atoms with E-state index in [1.807, 2.05) is 21.9 Å². The van der Waals surface area contributed by atoms with Crippen molar-refractivity contribution >= 4 is 28.3 Å². The van der Waals surface area contributed by atoms with Gasteiger partial charge in [-0.05, 0) is 36.3 Å². The molecular weight excluding hydrogens is 398 g/mol. The monoisotopic (exact) mass is 423 g/mol. The number of hydrogen-bond donors (Lipinski definition) is 0. The van der Waals surface area contributed by atoms with Gasteiger partial charge in [-0.1, -0.05) is 35.6 Å². The molecule has 3 saturated heterocycles. The summed E-state index contributed by atoms with van der Waals surface area (Å²) in [7, 11) is 0. The highest BCUT2D eigenvalue weighted by Crippen LogP contribution is 2.43. The standard InChI is InChI=1S/C22H25N5O2S/c28-19-7-3-6-18-16-8-17(12-26(11-16)22-24-23-13-30-22)20(27(18)19)21(29)25-9-14-4-1-2-5-15(14)10-25/h1-2,4-5,13,16-18,20H,3,6-12H2/t16-,17+,18+,20-/m1/s1. The molecule has 2 amide bonds. The summed E-state index contributed by atoms with van der Waals surface area (Å²) in [5.41, 5.74) is 4.21. The van der Waals surface area contributed by atoms with Crippen LogP contribution in [0.3, 0.4) is 0 Å². The molecule has 0 N–H and O–H groups in total. The third kappa shape index (κ3) is 2.84. The second-order valence-corrected chi connectivity index (χ2v) is 9.86. The Labute approximate surface area is 179 Å². The number of nitrogens with zero attached hydrogens (tertiary/aromatic N) is 5. The van der Waals surface area contributed by atoms with Crippen LogP contribution in [0.15, 0.2) is 29.8 Å². The maximum Gasteiger partial charge on any atom is 0.246 e. The molecule has 0 radical (unpaired) electrons. The molecule has 1 aromatic heterocycles. The highest BCUT2D eigenvalue weighted by atomic mass is 32.1. The van der Waals surface area contributed by atoms with Gasteiger partial charge in [0.15, 0.2) is 0 Å². The molecule has 0 saturated carbocycles. The highest BCUT2D eigenvalue weighted by Gasteiger charge is 2.53. The van der Waals surface area contributed by atoms with E-state index in [0.29, 0.717) is 25.4 Å². The molecule has 2 aromatic rings. The number of rotatable bonds is 2. The molecule has 1 aromatic carbocycles. The molecule has 5 heterocycles. The second kappa shape index (κ2) is 7.04. The number of piperidine rings is 3. The Morgan fingerprint density at radius 2 is 1.87 bits per heavy atom. The van der Waals surface area contributed by atoms with Gasteiger partial charge in [0.25, 0.3) is 0 Å². The Balaban J connectivity index is 1.33. The molecule has 0 aliphatic carbocycles. The van der Waals surface area contributed by atoms with Crippen molar-refractivity contribution in [1.29, 1.82) is 0 Å². The molecule has 2 bridgehead atoms. The van der Waals surface area contributed by atoms with E-state index in [1.54, 1.807) is 16.8 Å². The molecule has 7 nitrogen and oxygen atoms in total. The van der Waals surface area contributed by atoms with Crippen molar-refractivity contribution in [3.63, 3.8) is 0 Å². The molecule has 6 rings (SSSR count). The van der Waals surface area contributed by atoms with Crippen molar-refractivity contribution in [2.45, 2.75) is 50.9 Å². The van der Waals surface area contributed by atoms with Crippen molar-refractivity contribution in [3.05, 3.63) is 40.9 Å². The first-order chi connectivity index (χ1) is 14.7. The number of benzene rings is 1. The fourth-order valence-corrected chi connectivity index (χ4v) is 6.69. The van der Waals surface area contributed by atoms with E-state index in [9.17, 15) is 9.59 Å². The molecule has 30 heavy (non-hydrogen) atoms. The Morgan fingerprint density at radius 1 is 1.10 bits per heavy atom. The topological polar surface area (TPSA) is 69.6 Å². The third-order valence-electron chi connectivity index (χ3n) is 7.37. The summed E-state index contributed by atoms with van der Waals surface area (Å²) in [6.45, 7) is 2.96. The maximum absolute atomic E-state index is 13.9. The van der Waals surface area contributed by atoms with Crippen molar-refractivity contribution in [2.75, 3.05) is 18.0 Å². The molecular formula is C22H25N5O2S. The van der Waals surface area contributed by atoms with Crippen LogP contribution in [0, 0.1) is 11.8 Å². The molecule has 4 aliphatic heterocycles. The van der Waals surface area contributed by atoms with E-state index < -0.39 is 0 Å². The maximum atomic E-state index is 13.9. The Bertz CT molecular complexity index is 955. The first-order valence-corrected chi connectivity index (χ1v) is 11.7. The van der Waals surface area contributed by atoms with Gasteiger partial charge in [-0.25, -0.2) is 0 Å². The summed E-state index contributed by atoms with van der Waals surface area (Å²) in [6.07, 6.45) is 3.51. The van der Waals surface area contributed by atoms with Gasteiger partial charge in [-0.3, -0.25) is 9.59 Å². The van der Waals surface area contributed by atoms with E-state index in [4.69, 9.17) is 0 Å². The van der Waals surface area contributed by atoms with Gasteiger partial charge in [0, 0.05) is 44.6 Å². The number of carbonyl (C=O) groups excluding carboxylic acids is 2. The summed E-state index contributed by atoms with van der Waals surface area (Å²) in [5.74, 6) is 0.827. The highest BCUT2D eigenvalue weighted by molar-refractivity contribution is 7.13. The lowest BCUT2D eigenvalue weighted by Gasteiger charge is -2.56. The van der Waals surface area contributed by atoms with Crippen molar-refractivity contribution in [2.24, 2.45) is 11.8 Å². The first-order valence-electron chi connectivity index (χ1n) is 10.9. The van der Waals surface area contributed by atoms with Crippen molar-refractivity contribution in [1.82, 2.24) is 20.0 Å². The van der Waals surface area contributed by atoms with Gasteiger partial charge < -0.3 is 14.7 Å². The molecule has 156 valence electrons. The van der Waals surface area contributed by atoms with Crippen LogP contribution in [0.4, 0.5) is 5.13 Å². The van der Waals surface area contributed by atoms with E-state index in [-0.39, 0.29) is 29.8 Å². The summed E-state index contributed by atoms with van der Waals surface area (Å²) < 4.78 is 0. The minimum Gasteiger partial charge on any atom is -0.346 e. The first kappa shape index (κ1) is 18.3. The zero-order valence-electron chi connectivity index (χ0n) is 16.8. The van der Waals surface area contributed by atoms with Gasteiger partial charge in [-0.2, -0.15) is 0 Å². The average molecular weight is 424 g/mol. The third-order valence-corrected chi connectivity index (χ3v) is 8.12. The Morgan fingerprint density at radius 3 is 2.60 bits per heavy atom. The van der Waals surface area contributed by atoms with Crippen molar-refractivity contribution < 1.29 is 9.59 Å². The second-order valence-electron chi connectivity index (χ2n) is 9.05. The number of fused-ring (bicyclic) bond motifs is 5. The summed E-state index contributed by atoms with van der Waals surface area (Å²) in [6, 6.07) is 8.08. The van der Waals surface area contributed by atoms with E-state index >= 15 is 0 Å². The van der Waals surface area contributed by atoms with Crippen LogP contribution in [-0.4, -0.2) is 57.0 Å². The number of anilines is 1. The van der Waals surface area contributed by atoms with Crippen LogP contribution in [0.5, 0.6) is 0 Å². The molecule has 8 heteroatoms. The SMILES string of the molecule is O=C([C@H]1[C@H]2C[C@H](CN(c3nncs3)C2)[C@@H]2CCCC(=O)N21)N1Cc2ccccc2C1. The fraction of sp³-hybridized carbons (Fsp3) is 0.545. The van der Waals surface area contributed by atoms with Gasteiger partial charge in [-0.15, -0.1) is 10.2 Å². The molecule has 4 aliphatic rings. The molecule has 0 unspecified atom stereocenters. The summed E-state index contributed by atoms with van der Waals surface area (Å²) >= 11 is 1.55. The van der Waals surface area contributed by atoms with Gasteiger partial charge >= 0.3 is 0 Å². The van der Waals surface area contributed by atoms with Gasteiger partial charge in [0.1, 0.15) is 11.6 Å². The number of carbonyl (C=O) groups is 2. The normalized spacial score (nSPS) is 30.3. The molecule has 3 fully saturated rings. The number of amides is 2. The van der Waals surface area contributed by atoms with E-state index in [2.05, 4.69) is 27.2 Å². The smallest absolute Gasteiger partial charge is 0.246 e. The Hall–Kier alpha value is -2.48. The average Bonchev–Trinajstić information content (AvgIpc) is 3.44. The van der Waals surface area contributed by atoms with Crippen molar-refractivity contribution in [3.8, 4) is 0 Å². The zero-order chi connectivity index (χ0) is 20.2. The largest absolute Gasteiger partial charge is 0.346 e. The van der Waals surface area contributed by atoms with Crippen LogP contribution in [0.2, 0.25) is 0 Å². The fourth-order valence-electron chi connectivity index (χ4n) is 6.11. The lowest BCUT2D eigenvalue weighted by Crippen LogP contribution is -2.68. The zero-order valence-corrected chi connectivity index (χ0v) is 17.6. The summed E-state index contributed by atoms with van der Waals surface area (Å²) in [5, 5.41) is 9.22. The molecule has 0 spiro atoms. The lowest BCUT2D eigenvalue weighted by atomic mass is 9.71. The number of hydrogen-bond acceptors (Lipinski definition) is 6. The van der Waals surface area contributed by atoms with Crippen LogP contribution in [0.1, 0.15) is 36.8 Å². The minimum atomic E-state index is -0.357. The summed E-state index contributed by atoms with van der Waals surface area (Å²) in [4.78, 5) is 33.1. The van der Waals surface area contributed by atoms with Gasteiger partial charge in [0.2, 0.25) is 16.9 Å². The van der Waals surface area contributed by atoms with Crippen LogP contribution in [0.25, 0.3) is 0 Å². The number of aromatic nitrogens is 2. The van der Waals surface area contributed by atoms with Crippen LogP contribution < -0.4 is 4.90 Å². The quantitative estimate of drug-likeness (QED) is 0.741. The van der Waals surface area contributed by atoms with Gasteiger partial charge in [0.05, 0.1) is 0 Å². The van der Waals surface area contributed by atoms with Crippen LogP contribution >= 0.6 is 11.3 Å². The Kier molecular flexibility index (Phi) is 4.30. The van der Waals surface area contributed by atoms with E-state index in [1.165, 1.54) is 11.1 Å². The predicted octanol–water partition coefficient (Wildman–Crippen LogP) is 2.29. The lowest BCUT2D eigenvalue weighted by molar-refractivity contribution is -0.161. The minimum absolute atomic E-state index is 0.119. The predicted molar refractivity (Wildman–Crippen MR) is 113 cm³/mol. The van der Waals surface area contributed by atoms with E-state index in [0.717, 1.165) is 37.5 Å². The molecule has 4 atom stereocenters.